The molecule has 28 heavy (non-hydrogen) atoms. The quantitative estimate of drug-likeness (QED) is 0.385. The van der Waals surface area contributed by atoms with Gasteiger partial charge in [0.05, 0.1) is 24.5 Å². The molecule has 0 atom stereocenters. The van der Waals surface area contributed by atoms with Gasteiger partial charge in [-0.2, -0.15) is 5.10 Å². The van der Waals surface area contributed by atoms with Crippen LogP contribution in [0.4, 0.5) is 23.1 Å². The second-order valence-electron chi connectivity index (χ2n) is 5.37. The van der Waals surface area contributed by atoms with Crippen LogP contribution in [0, 0.1) is 0 Å². The average molecular weight is 379 g/mol. The monoisotopic (exact) mass is 379 g/mol. The van der Waals surface area contributed by atoms with Crippen molar-refractivity contribution >= 4 is 40.5 Å². The van der Waals surface area contributed by atoms with Crippen molar-refractivity contribution in [1.29, 1.82) is 0 Å². The van der Waals surface area contributed by atoms with E-state index in [9.17, 15) is 0 Å². The summed E-state index contributed by atoms with van der Waals surface area (Å²) >= 11 is 0. The maximum absolute atomic E-state index is 8.36. The van der Waals surface area contributed by atoms with Gasteiger partial charge in [0.15, 0.2) is 0 Å². The molecular formula is C18H17N7O3. The van der Waals surface area contributed by atoms with Crippen LogP contribution in [0.15, 0.2) is 55.1 Å². The lowest BCUT2D eigenvalue weighted by Crippen LogP contribution is -2.00. The number of anilines is 4. The van der Waals surface area contributed by atoms with Crippen LogP contribution in [0.5, 0.6) is 5.75 Å². The third kappa shape index (κ3) is 4.49. The van der Waals surface area contributed by atoms with Gasteiger partial charge in [0.1, 0.15) is 29.5 Å². The van der Waals surface area contributed by atoms with Crippen LogP contribution in [-0.2, 0) is 4.79 Å². The first-order valence-corrected chi connectivity index (χ1v) is 8.09. The molecule has 1 aromatic carbocycles. The Balaban J connectivity index is 0.000000706. The highest BCUT2D eigenvalue weighted by atomic mass is 16.5. The molecule has 0 aliphatic heterocycles. The van der Waals surface area contributed by atoms with Gasteiger partial charge in [-0.1, -0.05) is 6.07 Å². The second kappa shape index (κ2) is 8.94. The first-order valence-electron chi connectivity index (χ1n) is 8.09. The fourth-order valence-corrected chi connectivity index (χ4v) is 2.44. The summed E-state index contributed by atoms with van der Waals surface area (Å²) in [6.45, 7) is -0.250. The van der Waals surface area contributed by atoms with Crippen molar-refractivity contribution in [2.24, 2.45) is 0 Å². The highest BCUT2D eigenvalue weighted by Crippen LogP contribution is 2.31. The Kier molecular flexibility index (Phi) is 5.93. The van der Waals surface area contributed by atoms with Gasteiger partial charge in [-0.15, -0.1) is 0 Å². The van der Waals surface area contributed by atoms with Crippen molar-refractivity contribution < 1.29 is 14.6 Å². The van der Waals surface area contributed by atoms with Crippen LogP contribution in [0.25, 0.3) is 10.9 Å². The van der Waals surface area contributed by atoms with Crippen LogP contribution in [0.2, 0.25) is 0 Å². The molecule has 0 saturated heterocycles. The molecule has 4 aromatic rings. The fraction of sp³-hybridized carbons (Fsp3) is 0.0556. The van der Waals surface area contributed by atoms with Crippen LogP contribution in [-0.4, -0.2) is 43.8 Å². The van der Waals surface area contributed by atoms with Crippen molar-refractivity contribution in [2.75, 3.05) is 17.7 Å². The summed E-state index contributed by atoms with van der Waals surface area (Å²) in [5.74, 6) is 2.67. The minimum Gasteiger partial charge on any atom is -0.494 e. The summed E-state index contributed by atoms with van der Waals surface area (Å²) in [5, 5.41) is 21.2. The smallest absolute Gasteiger partial charge is 0.290 e. The molecule has 142 valence electrons. The lowest BCUT2D eigenvalue weighted by Gasteiger charge is -2.11. The Morgan fingerprint density at radius 3 is 2.57 bits per heavy atom. The number of hydrogen-bond donors (Lipinski definition) is 4. The molecule has 4 N–H and O–H groups in total. The molecule has 0 aliphatic rings. The number of fused-ring (bicyclic) bond motifs is 1. The number of nitrogens with zero attached hydrogens (tertiary/aromatic N) is 4. The number of methoxy groups -OCH3 is 1. The SMILES string of the molecule is COc1cc2[nH]ncc2cc1Nc1cc(Nc2ccccn2)ncn1.O=CO. The number of ether oxygens (including phenoxy) is 1. The number of aromatic amines is 1. The summed E-state index contributed by atoms with van der Waals surface area (Å²) in [5.41, 5.74) is 1.70. The predicted molar refractivity (Wildman–Crippen MR) is 104 cm³/mol. The topological polar surface area (TPSA) is 138 Å². The first kappa shape index (κ1) is 18.6. The lowest BCUT2D eigenvalue weighted by atomic mass is 10.2. The first-order chi connectivity index (χ1) is 13.7. The molecule has 3 aromatic heterocycles. The summed E-state index contributed by atoms with van der Waals surface area (Å²) in [6, 6.07) is 11.3. The van der Waals surface area contributed by atoms with Crippen LogP contribution >= 0.6 is 0 Å². The van der Waals surface area contributed by atoms with Crippen LogP contribution < -0.4 is 15.4 Å². The van der Waals surface area contributed by atoms with Crippen molar-refractivity contribution in [1.82, 2.24) is 25.1 Å². The molecule has 0 bridgehead atoms. The zero-order valence-electron chi connectivity index (χ0n) is 14.8. The Bertz CT molecular complexity index is 1050. The van der Waals surface area contributed by atoms with E-state index in [-0.39, 0.29) is 6.47 Å². The largest absolute Gasteiger partial charge is 0.494 e. The molecule has 4 rings (SSSR count). The normalized spacial score (nSPS) is 9.89. The van der Waals surface area contributed by atoms with Crippen LogP contribution in [0.3, 0.4) is 0 Å². The molecule has 0 unspecified atom stereocenters. The van der Waals surface area contributed by atoms with Gasteiger partial charge >= 0.3 is 0 Å². The molecular weight excluding hydrogens is 362 g/mol. The van der Waals surface area contributed by atoms with Gasteiger partial charge in [0, 0.05) is 23.7 Å². The van der Waals surface area contributed by atoms with Crippen LogP contribution in [0.1, 0.15) is 0 Å². The van der Waals surface area contributed by atoms with Gasteiger partial charge in [0.25, 0.3) is 6.47 Å². The maximum Gasteiger partial charge on any atom is 0.290 e. The van der Waals surface area contributed by atoms with Crippen molar-refractivity contribution in [3.8, 4) is 5.75 Å². The lowest BCUT2D eigenvalue weighted by molar-refractivity contribution is -0.122. The zero-order chi connectivity index (χ0) is 19.8. The number of rotatable bonds is 5. The maximum atomic E-state index is 8.36. The van der Waals surface area contributed by atoms with Gasteiger partial charge in [0.2, 0.25) is 0 Å². The molecule has 0 saturated carbocycles. The Morgan fingerprint density at radius 1 is 1.07 bits per heavy atom. The summed E-state index contributed by atoms with van der Waals surface area (Å²) in [6.07, 6.45) is 4.96. The molecule has 0 aliphatic carbocycles. The van der Waals surface area contributed by atoms with Crippen molar-refractivity contribution in [3.63, 3.8) is 0 Å². The summed E-state index contributed by atoms with van der Waals surface area (Å²) in [7, 11) is 1.62. The van der Waals surface area contributed by atoms with E-state index in [1.54, 1.807) is 25.6 Å². The molecule has 0 spiro atoms. The summed E-state index contributed by atoms with van der Waals surface area (Å²) in [4.78, 5) is 21.1. The van der Waals surface area contributed by atoms with Gasteiger partial charge in [-0.25, -0.2) is 15.0 Å². The van der Waals surface area contributed by atoms with E-state index in [0.29, 0.717) is 23.2 Å². The van der Waals surface area contributed by atoms with Crippen molar-refractivity contribution in [3.05, 3.63) is 55.1 Å². The van der Waals surface area contributed by atoms with Gasteiger partial charge in [-0.05, 0) is 18.2 Å². The van der Waals surface area contributed by atoms with E-state index < -0.39 is 0 Å². The number of nitrogens with one attached hydrogen (secondary N) is 3. The molecule has 10 nitrogen and oxygen atoms in total. The summed E-state index contributed by atoms with van der Waals surface area (Å²) < 4.78 is 5.44. The number of carboxylic acid groups (broad SMARTS) is 1. The second-order valence-corrected chi connectivity index (χ2v) is 5.37. The minimum atomic E-state index is -0.250. The Labute approximate surface area is 159 Å². The molecule has 0 amide bonds. The van der Waals surface area contributed by atoms with Crippen molar-refractivity contribution in [2.45, 2.75) is 0 Å². The molecule has 0 fully saturated rings. The van der Waals surface area contributed by atoms with E-state index in [4.69, 9.17) is 14.6 Å². The fourth-order valence-electron chi connectivity index (χ4n) is 2.44. The molecule has 10 heteroatoms. The number of carbonyl (C=O) groups is 1. The zero-order valence-corrected chi connectivity index (χ0v) is 14.8. The van der Waals surface area contributed by atoms with E-state index in [2.05, 4.69) is 35.8 Å². The Morgan fingerprint density at radius 2 is 1.86 bits per heavy atom. The minimum absolute atomic E-state index is 0.250. The van der Waals surface area contributed by atoms with E-state index in [1.165, 1.54) is 6.33 Å². The van der Waals surface area contributed by atoms with E-state index >= 15 is 0 Å². The highest BCUT2D eigenvalue weighted by molar-refractivity contribution is 5.86. The van der Waals surface area contributed by atoms with E-state index in [1.807, 2.05) is 30.3 Å². The predicted octanol–water partition coefficient (Wildman–Crippen LogP) is 2.94. The standard InChI is InChI=1S/C17H15N7O.CH2O2/c1-25-14-7-12-11(9-21-24-12)6-13(14)22-16-8-17(20-10-19-16)23-15-4-2-3-5-18-15;2-1-3/h2-10H,1H3,(H,21,24)(H2,18,19,20,22,23);1H,(H,2,3). The third-order valence-electron chi connectivity index (χ3n) is 3.61. The highest BCUT2D eigenvalue weighted by Gasteiger charge is 2.09. The third-order valence-corrected chi connectivity index (χ3v) is 3.61. The number of H-pyrrole nitrogens is 1. The molecule has 3 heterocycles. The Hall–Kier alpha value is -4.21. The molecule has 0 radical (unpaired) electrons. The van der Waals surface area contributed by atoms with E-state index in [0.717, 1.165) is 16.6 Å². The number of pyridine rings is 1. The van der Waals surface area contributed by atoms with Gasteiger partial charge < -0.3 is 20.5 Å². The number of benzene rings is 1. The average Bonchev–Trinajstić information content (AvgIpc) is 3.16. The number of hydrogen-bond acceptors (Lipinski definition) is 8. The van der Waals surface area contributed by atoms with Gasteiger partial charge in [-0.3, -0.25) is 9.89 Å². The number of aromatic nitrogens is 5.